The Morgan fingerprint density at radius 2 is 2.03 bits per heavy atom. The SMILES string of the molecule is Cc1ccc(NC(=O)CSc2nc3nc(N4CCC(C)CC4)sc3c(=O)n2C(C)C)cc1F. The molecule has 1 aliphatic heterocycles. The summed E-state index contributed by atoms with van der Waals surface area (Å²) in [6.07, 6.45) is 2.22. The van der Waals surface area contributed by atoms with Gasteiger partial charge in [0.15, 0.2) is 15.9 Å². The van der Waals surface area contributed by atoms with Crippen molar-refractivity contribution in [1.82, 2.24) is 14.5 Å². The van der Waals surface area contributed by atoms with E-state index in [1.165, 1.54) is 29.2 Å². The van der Waals surface area contributed by atoms with Crippen LogP contribution in [-0.4, -0.2) is 39.3 Å². The Labute approximate surface area is 200 Å². The molecule has 1 fully saturated rings. The highest BCUT2D eigenvalue weighted by Crippen LogP contribution is 2.31. The molecule has 1 N–H and O–H groups in total. The second kappa shape index (κ2) is 9.80. The van der Waals surface area contributed by atoms with Gasteiger partial charge in [-0.2, -0.15) is 4.98 Å². The Balaban J connectivity index is 1.55. The van der Waals surface area contributed by atoms with Gasteiger partial charge in [0.25, 0.3) is 5.56 Å². The molecule has 0 spiro atoms. The van der Waals surface area contributed by atoms with Crippen molar-refractivity contribution in [3.8, 4) is 0 Å². The molecule has 0 bridgehead atoms. The van der Waals surface area contributed by atoms with Crippen molar-refractivity contribution in [3.63, 3.8) is 0 Å². The Hall–Kier alpha value is -2.46. The number of anilines is 2. The number of carbonyl (C=O) groups excluding carboxylic acids is 1. The van der Waals surface area contributed by atoms with Crippen LogP contribution in [0.25, 0.3) is 10.3 Å². The van der Waals surface area contributed by atoms with E-state index in [9.17, 15) is 14.0 Å². The zero-order valence-corrected chi connectivity index (χ0v) is 20.9. The van der Waals surface area contributed by atoms with E-state index in [2.05, 4.69) is 27.1 Å². The normalized spacial score (nSPS) is 14.9. The van der Waals surface area contributed by atoms with Crippen molar-refractivity contribution in [2.45, 2.75) is 51.7 Å². The number of benzene rings is 1. The summed E-state index contributed by atoms with van der Waals surface area (Å²) in [5.41, 5.74) is 1.21. The van der Waals surface area contributed by atoms with E-state index in [0.717, 1.165) is 31.1 Å². The van der Waals surface area contributed by atoms with Gasteiger partial charge < -0.3 is 10.2 Å². The van der Waals surface area contributed by atoms with Gasteiger partial charge in [-0.3, -0.25) is 14.2 Å². The molecule has 10 heteroatoms. The maximum atomic E-state index is 13.8. The van der Waals surface area contributed by atoms with Crippen LogP contribution in [-0.2, 0) is 4.79 Å². The van der Waals surface area contributed by atoms with Gasteiger partial charge in [0, 0.05) is 24.8 Å². The molecule has 1 saturated heterocycles. The first kappa shape index (κ1) is 23.7. The molecule has 0 saturated carbocycles. The van der Waals surface area contributed by atoms with Crippen LogP contribution in [0.4, 0.5) is 15.2 Å². The Bertz CT molecular complexity index is 1230. The van der Waals surface area contributed by atoms with E-state index < -0.39 is 0 Å². The first-order chi connectivity index (χ1) is 15.7. The lowest BCUT2D eigenvalue weighted by Crippen LogP contribution is -2.32. The molecule has 0 radical (unpaired) electrons. The predicted molar refractivity (Wildman–Crippen MR) is 133 cm³/mol. The fourth-order valence-corrected chi connectivity index (χ4v) is 5.66. The van der Waals surface area contributed by atoms with Crippen molar-refractivity contribution in [3.05, 3.63) is 39.9 Å². The van der Waals surface area contributed by atoms with E-state index in [-0.39, 0.29) is 29.1 Å². The number of piperidine rings is 1. The minimum absolute atomic E-state index is 0.0428. The first-order valence-corrected chi connectivity index (χ1v) is 12.9. The topological polar surface area (TPSA) is 80.1 Å². The molecule has 3 heterocycles. The van der Waals surface area contributed by atoms with Crippen molar-refractivity contribution in [2.24, 2.45) is 5.92 Å². The summed E-state index contributed by atoms with van der Waals surface area (Å²) in [5, 5.41) is 3.98. The average molecular weight is 490 g/mol. The number of nitrogens with zero attached hydrogens (tertiary/aromatic N) is 4. The highest BCUT2D eigenvalue weighted by Gasteiger charge is 2.23. The van der Waals surface area contributed by atoms with E-state index in [1.807, 2.05) is 13.8 Å². The molecule has 1 aromatic carbocycles. The second-order valence-corrected chi connectivity index (χ2v) is 10.7. The first-order valence-electron chi connectivity index (χ1n) is 11.1. The number of halogens is 1. The Morgan fingerprint density at radius 3 is 2.70 bits per heavy atom. The van der Waals surface area contributed by atoms with Crippen LogP contribution in [0.2, 0.25) is 0 Å². The molecule has 0 atom stereocenters. The highest BCUT2D eigenvalue weighted by atomic mass is 32.2. The van der Waals surface area contributed by atoms with E-state index >= 15 is 0 Å². The summed E-state index contributed by atoms with van der Waals surface area (Å²) >= 11 is 2.58. The monoisotopic (exact) mass is 489 g/mol. The van der Waals surface area contributed by atoms with Crippen LogP contribution in [0.1, 0.15) is 45.2 Å². The number of amides is 1. The van der Waals surface area contributed by atoms with Crippen LogP contribution in [0.15, 0.2) is 28.2 Å². The molecule has 7 nitrogen and oxygen atoms in total. The van der Waals surface area contributed by atoms with E-state index in [4.69, 9.17) is 0 Å². The van der Waals surface area contributed by atoms with Crippen LogP contribution >= 0.6 is 23.1 Å². The third-order valence-electron chi connectivity index (χ3n) is 5.78. The number of fused-ring (bicyclic) bond motifs is 1. The largest absolute Gasteiger partial charge is 0.348 e. The lowest BCUT2D eigenvalue weighted by atomic mass is 10.00. The molecule has 33 heavy (non-hydrogen) atoms. The quantitative estimate of drug-likeness (QED) is 0.394. The molecule has 0 aliphatic carbocycles. The van der Waals surface area contributed by atoms with Gasteiger partial charge >= 0.3 is 0 Å². The van der Waals surface area contributed by atoms with Crippen LogP contribution in [0.3, 0.4) is 0 Å². The third-order valence-corrected chi connectivity index (χ3v) is 7.82. The molecular weight excluding hydrogens is 461 g/mol. The van der Waals surface area contributed by atoms with Crippen LogP contribution in [0.5, 0.6) is 0 Å². The number of aromatic nitrogens is 3. The number of thiazole rings is 1. The number of carbonyl (C=O) groups is 1. The van der Waals surface area contributed by atoms with E-state index in [0.29, 0.717) is 32.7 Å². The molecule has 1 amide bonds. The van der Waals surface area contributed by atoms with Crippen LogP contribution in [0, 0.1) is 18.7 Å². The molecular formula is C23H28FN5O2S2. The molecule has 4 rings (SSSR count). The number of rotatable bonds is 6. The molecule has 2 aromatic heterocycles. The van der Waals surface area contributed by atoms with Gasteiger partial charge in [-0.1, -0.05) is 36.1 Å². The number of thioether (sulfide) groups is 1. The number of nitrogens with one attached hydrogen (secondary N) is 1. The van der Waals surface area contributed by atoms with Crippen molar-refractivity contribution in [1.29, 1.82) is 0 Å². The summed E-state index contributed by atoms with van der Waals surface area (Å²) in [5.74, 6) is 0.0803. The Morgan fingerprint density at radius 1 is 1.30 bits per heavy atom. The zero-order valence-electron chi connectivity index (χ0n) is 19.2. The maximum absolute atomic E-state index is 13.8. The van der Waals surface area contributed by atoms with Gasteiger partial charge in [0.05, 0.1) is 5.75 Å². The van der Waals surface area contributed by atoms with Crippen molar-refractivity contribution < 1.29 is 9.18 Å². The van der Waals surface area contributed by atoms with E-state index in [1.54, 1.807) is 23.6 Å². The number of hydrogen-bond acceptors (Lipinski definition) is 7. The highest BCUT2D eigenvalue weighted by molar-refractivity contribution is 7.99. The minimum Gasteiger partial charge on any atom is -0.348 e. The minimum atomic E-state index is -0.372. The third kappa shape index (κ3) is 5.22. The Kier molecular flexibility index (Phi) is 7.04. The maximum Gasteiger partial charge on any atom is 0.274 e. The van der Waals surface area contributed by atoms with Gasteiger partial charge in [0.1, 0.15) is 10.5 Å². The fraction of sp³-hybridized carbons (Fsp3) is 0.478. The van der Waals surface area contributed by atoms with Gasteiger partial charge in [-0.25, -0.2) is 9.37 Å². The predicted octanol–water partition coefficient (Wildman–Crippen LogP) is 4.85. The van der Waals surface area contributed by atoms with Gasteiger partial charge in [-0.15, -0.1) is 0 Å². The summed E-state index contributed by atoms with van der Waals surface area (Å²) in [6, 6.07) is 4.46. The summed E-state index contributed by atoms with van der Waals surface area (Å²) in [6.45, 7) is 9.62. The lowest BCUT2D eigenvalue weighted by Gasteiger charge is -2.29. The zero-order chi connectivity index (χ0) is 23.7. The number of hydrogen-bond donors (Lipinski definition) is 1. The van der Waals surface area contributed by atoms with Crippen LogP contribution < -0.4 is 15.8 Å². The van der Waals surface area contributed by atoms with Gasteiger partial charge in [0.2, 0.25) is 5.91 Å². The molecule has 1 aliphatic rings. The fourth-order valence-electron chi connectivity index (χ4n) is 3.75. The molecule has 0 unspecified atom stereocenters. The lowest BCUT2D eigenvalue weighted by molar-refractivity contribution is -0.113. The van der Waals surface area contributed by atoms with Gasteiger partial charge in [-0.05, 0) is 57.2 Å². The number of aryl methyl sites for hydroxylation is 1. The van der Waals surface area contributed by atoms with Crippen molar-refractivity contribution >= 4 is 50.2 Å². The molecule has 3 aromatic rings. The summed E-state index contributed by atoms with van der Waals surface area (Å²) in [4.78, 5) is 37.3. The smallest absolute Gasteiger partial charge is 0.274 e. The summed E-state index contributed by atoms with van der Waals surface area (Å²) < 4.78 is 15.9. The summed E-state index contributed by atoms with van der Waals surface area (Å²) in [7, 11) is 0. The van der Waals surface area contributed by atoms with Crippen molar-refractivity contribution in [2.75, 3.05) is 29.1 Å². The molecule has 176 valence electrons. The second-order valence-electron chi connectivity index (χ2n) is 8.78. The average Bonchev–Trinajstić information content (AvgIpc) is 3.19. The standard InChI is InChI=1S/C23H28FN5O2S2/c1-13(2)29-21(31)19-20(26-22(33-19)28-9-7-14(3)8-10-28)27-23(29)32-12-18(30)25-16-6-5-15(4)17(24)11-16/h5-6,11,13-14H,7-10,12H2,1-4H3,(H,25,30).